The molecule has 0 aromatic carbocycles. The van der Waals surface area contributed by atoms with Crippen molar-refractivity contribution in [1.82, 2.24) is 4.98 Å². The highest BCUT2D eigenvalue weighted by atomic mass is 19.4. The van der Waals surface area contributed by atoms with Gasteiger partial charge in [-0.1, -0.05) is 13.3 Å². The van der Waals surface area contributed by atoms with Gasteiger partial charge in [0.15, 0.2) is 0 Å². The van der Waals surface area contributed by atoms with E-state index >= 15 is 0 Å². The first-order valence-electron chi connectivity index (χ1n) is 4.48. The van der Waals surface area contributed by atoms with Crippen LogP contribution in [0.2, 0.25) is 0 Å². The second-order valence-corrected chi connectivity index (χ2v) is 3.24. The summed E-state index contributed by atoms with van der Waals surface area (Å²) in [6.45, 7) is 3.71. The van der Waals surface area contributed by atoms with Crippen LogP contribution in [-0.4, -0.2) is 4.98 Å². The van der Waals surface area contributed by atoms with Crippen LogP contribution >= 0.6 is 0 Å². The zero-order valence-corrected chi connectivity index (χ0v) is 8.15. The van der Waals surface area contributed by atoms with Crippen LogP contribution in [0, 0.1) is 6.92 Å². The molecule has 0 saturated carbocycles. The normalized spacial score (nSPS) is 11.8. The molecule has 4 heteroatoms. The zero-order chi connectivity index (χ0) is 10.8. The lowest BCUT2D eigenvalue weighted by Gasteiger charge is -2.09. The summed E-state index contributed by atoms with van der Waals surface area (Å²) in [6, 6.07) is 1.14. The number of halogens is 3. The quantitative estimate of drug-likeness (QED) is 0.718. The van der Waals surface area contributed by atoms with Gasteiger partial charge in [0.2, 0.25) is 0 Å². The highest BCUT2D eigenvalue weighted by Crippen LogP contribution is 2.28. The number of hydrogen-bond acceptors (Lipinski definition) is 1. The molecule has 1 aromatic heterocycles. The van der Waals surface area contributed by atoms with Crippen molar-refractivity contribution < 1.29 is 13.2 Å². The third kappa shape index (κ3) is 2.47. The van der Waals surface area contributed by atoms with Crippen molar-refractivity contribution in [1.29, 1.82) is 0 Å². The molecule has 1 rings (SSSR count). The lowest BCUT2D eigenvalue weighted by atomic mass is 10.1. The minimum absolute atomic E-state index is 0.664. The van der Waals surface area contributed by atoms with Crippen molar-refractivity contribution >= 4 is 0 Å². The molecule has 14 heavy (non-hydrogen) atoms. The van der Waals surface area contributed by atoms with E-state index < -0.39 is 11.9 Å². The van der Waals surface area contributed by atoms with Gasteiger partial charge in [-0.2, -0.15) is 13.2 Å². The first-order valence-corrected chi connectivity index (χ1v) is 4.48. The van der Waals surface area contributed by atoms with Crippen LogP contribution in [0.3, 0.4) is 0 Å². The molecule has 0 atom stereocenters. The van der Waals surface area contributed by atoms with E-state index in [0.717, 1.165) is 23.6 Å². The molecule has 78 valence electrons. The minimum Gasteiger partial charge on any atom is -0.251 e. The predicted molar refractivity (Wildman–Crippen MR) is 48.0 cm³/mol. The third-order valence-corrected chi connectivity index (χ3v) is 2.02. The van der Waals surface area contributed by atoms with E-state index in [1.54, 1.807) is 6.92 Å². The highest BCUT2D eigenvalue weighted by Gasteiger charge is 2.32. The van der Waals surface area contributed by atoms with Crippen LogP contribution < -0.4 is 0 Å². The average molecular weight is 203 g/mol. The number of alkyl halides is 3. The van der Waals surface area contributed by atoms with Crippen molar-refractivity contribution in [2.75, 3.05) is 0 Å². The van der Waals surface area contributed by atoms with Gasteiger partial charge in [-0.3, -0.25) is 4.98 Å². The van der Waals surface area contributed by atoms with Crippen molar-refractivity contribution in [3.8, 4) is 0 Å². The Kier molecular flexibility index (Phi) is 3.13. The fraction of sp³-hybridized carbons (Fsp3) is 0.500. The van der Waals surface area contributed by atoms with Gasteiger partial charge in [0.25, 0.3) is 0 Å². The Bertz CT molecular complexity index is 318. The highest BCUT2D eigenvalue weighted by molar-refractivity contribution is 5.26. The summed E-state index contributed by atoms with van der Waals surface area (Å²) in [5, 5.41) is 0. The van der Waals surface area contributed by atoms with Gasteiger partial charge in [0.1, 0.15) is 5.69 Å². The van der Waals surface area contributed by atoms with E-state index in [1.807, 2.05) is 6.92 Å². The molecule has 0 aliphatic rings. The monoisotopic (exact) mass is 203 g/mol. The van der Waals surface area contributed by atoms with Gasteiger partial charge in [-0.15, -0.1) is 0 Å². The van der Waals surface area contributed by atoms with E-state index in [2.05, 4.69) is 4.98 Å². The molecular formula is C10H12F3N. The number of aryl methyl sites for hydroxylation is 2. The van der Waals surface area contributed by atoms with Gasteiger partial charge in [0, 0.05) is 6.20 Å². The van der Waals surface area contributed by atoms with Gasteiger partial charge < -0.3 is 0 Å². The Morgan fingerprint density at radius 3 is 2.50 bits per heavy atom. The molecule has 0 bridgehead atoms. The lowest BCUT2D eigenvalue weighted by Crippen LogP contribution is -2.09. The Labute approximate surface area is 81.0 Å². The molecule has 1 nitrogen and oxygen atoms in total. The van der Waals surface area contributed by atoms with Gasteiger partial charge in [-0.05, 0) is 30.5 Å². The maximum atomic E-state index is 12.3. The summed E-state index contributed by atoms with van der Waals surface area (Å²) >= 11 is 0. The van der Waals surface area contributed by atoms with Gasteiger partial charge in [-0.25, -0.2) is 0 Å². The Hall–Kier alpha value is -1.06. The lowest BCUT2D eigenvalue weighted by molar-refractivity contribution is -0.141. The first kappa shape index (κ1) is 11.0. The fourth-order valence-corrected chi connectivity index (χ4v) is 1.26. The molecule has 0 aliphatic heterocycles. The summed E-state index contributed by atoms with van der Waals surface area (Å²) in [4.78, 5) is 3.37. The molecule has 0 aliphatic carbocycles. The Morgan fingerprint density at radius 1 is 1.36 bits per heavy atom. The summed E-state index contributed by atoms with van der Waals surface area (Å²) < 4.78 is 36.8. The molecular weight excluding hydrogens is 191 g/mol. The number of pyridine rings is 1. The zero-order valence-electron chi connectivity index (χ0n) is 8.15. The molecule has 0 amide bonds. The third-order valence-electron chi connectivity index (χ3n) is 2.02. The molecule has 0 N–H and O–H groups in total. The summed E-state index contributed by atoms with van der Waals surface area (Å²) in [5.41, 5.74) is 0.751. The molecule has 0 radical (unpaired) electrons. The van der Waals surface area contributed by atoms with Crippen LogP contribution in [0.5, 0.6) is 0 Å². The molecule has 1 aromatic rings. The van der Waals surface area contributed by atoms with Crippen LogP contribution in [0.4, 0.5) is 13.2 Å². The molecule has 1 heterocycles. The van der Waals surface area contributed by atoms with Crippen LogP contribution in [0.1, 0.15) is 30.2 Å². The number of aromatic nitrogens is 1. The smallest absolute Gasteiger partial charge is 0.251 e. The molecule has 0 unspecified atom stereocenters. The standard InChI is InChI=1S/C10H12F3N/c1-3-4-8-5-9(10(11,12)13)14-6-7(8)2/h5-6H,3-4H2,1-2H3. The Morgan fingerprint density at radius 2 is 2.00 bits per heavy atom. The first-order chi connectivity index (χ1) is 6.45. The Balaban J connectivity index is 3.06. The summed E-state index contributed by atoms with van der Waals surface area (Å²) in [6.07, 6.45) is -1.55. The van der Waals surface area contributed by atoms with Crippen molar-refractivity contribution in [3.63, 3.8) is 0 Å². The average Bonchev–Trinajstić information content (AvgIpc) is 2.07. The molecule has 0 fully saturated rings. The van der Waals surface area contributed by atoms with Gasteiger partial charge >= 0.3 is 6.18 Å². The van der Waals surface area contributed by atoms with Crippen molar-refractivity contribution in [3.05, 3.63) is 29.1 Å². The van der Waals surface area contributed by atoms with Crippen LogP contribution in [-0.2, 0) is 12.6 Å². The second kappa shape index (κ2) is 3.98. The second-order valence-electron chi connectivity index (χ2n) is 3.24. The topological polar surface area (TPSA) is 12.9 Å². The summed E-state index contributed by atoms with van der Waals surface area (Å²) in [5.74, 6) is 0. The van der Waals surface area contributed by atoms with Crippen molar-refractivity contribution in [2.45, 2.75) is 32.9 Å². The maximum Gasteiger partial charge on any atom is 0.433 e. The van der Waals surface area contributed by atoms with E-state index in [0.29, 0.717) is 6.42 Å². The van der Waals surface area contributed by atoms with Crippen LogP contribution in [0.25, 0.3) is 0 Å². The number of rotatable bonds is 2. The van der Waals surface area contributed by atoms with E-state index in [4.69, 9.17) is 0 Å². The van der Waals surface area contributed by atoms with Crippen molar-refractivity contribution in [2.24, 2.45) is 0 Å². The molecule has 0 spiro atoms. The number of hydrogen-bond donors (Lipinski definition) is 0. The number of nitrogens with zero attached hydrogens (tertiary/aromatic N) is 1. The summed E-state index contributed by atoms with van der Waals surface area (Å²) in [7, 11) is 0. The largest absolute Gasteiger partial charge is 0.433 e. The predicted octanol–water partition coefficient (Wildman–Crippen LogP) is 3.36. The SMILES string of the molecule is CCCc1cc(C(F)(F)F)ncc1C. The van der Waals surface area contributed by atoms with Gasteiger partial charge in [0.05, 0.1) is 0 Å². The van der Waals surface area contributed by atoms with Crippen LogP contribution in [0.15, 0.2) is 12.3 Å². The van der Waals surface area contributed by atoms with E-state index in [-0.39, 0.29) is 0 Å². The van der Waals surface area contributed by atoms with E-state index in [9.17, 15) is 13.2 Å². The fourth-order valence-electron chi connectivity index (χ4n) is 1.26. The maximum absolute atomic E-state index is 12.3. The molecule has 0 saturated heterocycles. The van der Waals surface area contributed by atoms with E-state index in [1.165, 1.54) is 6.20 Å². The minimum atomic E-state index is -4.34.